The van der Waals surface area contributed by atoms with Crippen molar-refractivity contribution in [2.75, 3.05) is 7.11 Å². The minimum Gasteiger partial charge on any atom is -0.478 e. The zero-order valence-corrected chi connectivity index (χ0v) is 11.3. The van der Waals surface area contributed by atoms with Gasteiger partial charge < -0.3 is 9.84 Å². The summed E-state index contributed by atoms with van der Waals surface area (Å²) in [5.41, 5.74) is 1.60. The van der Waals surface area contributed by atoms with Gasteiger partial charge in [-0.3, -0.25) is 0 Å². The summed E-state index contributed by atoms with van der Waals surface area (Å²) in [4.78, 5) is 22.7. The average molecular weight is 291 g/mol. The van der Waals surface area contributed by atoms with Gasteiger partial charge in [0, 0.05) is 5.02 Å². The number of rotatable bonds is 3. The first-order chi connectivity index (χ1) is 9.51. The fourth-order valence-electron chi connectivity index (χ4n) is 1.80. The van der Waals surface area contributed by atoms with Crippen LogP contribution in [0.4, 0.5) is 0 Å². The number of aromatic carboxylic acids is 1. The van der Waals surface area contributed by atoms with E-state index in [2.05, 4.69) is 4.74 Å². The van der Waals surface area contributed by atoms with Crippen molar-refractivity contribution in [1.29, 1.82) is 0 Å². The summed E-state index contributed by atoms with van der Waals surface area (Å²) in [6.45, 7) is 0. The highest BCUT2D eigenvalue weighted by Gasteiger charge is 2.13. The van der Waals surface area contributed by atoms with E-state index in [-0.39, 0.29) is 11.1 Å². The zero-order chi connectivity index (χ0) is 14.7. The highest BCUT2D eigenvalue weighted by molar-refractivity contribution is 6.30. The molecular weight excluding hydrogens is 280 g/mol. The van der Waals surface area contributed by atoms with Crippen molar-refractivity contribution in [3.8, 4) is 11.1 Å². The second-order valence-corrected chi connectivity index (χ2v) is 4.54. The zero-order valence-electron chi connectivity index (χ0n) is 10.6. The molecule has 0 aliphatic rings. The van der Waals surface area contributed by atoms with Gasteiger partial charge in [0.05, 0.1) is 18.2 Å². The number of halogens is 1. The van der Waals surface area contributed by atoms with Gasteiger partial charge in [-0.05, 0) is 41.5 Å². The quantitative estimate of drug-likeness (QED) is 0.879. The molecule has 0 aliphatic heterocycles. The van der Waals surface area contributed by atoms with Crippen LogP contribution >= 0.6 is 11.6 Å². The normalized spacial score (nSPS) is 10.1. The second-order valence-electron chi connectivity index (χ2n) is 4.10. The highest BCUT2D eigenvalue weighted by Crippen LogP contribution is 2.24. The third-order valence-electron chi connectivity index (χ3n) is 2.78. The highest BCUT2D eigenvalue weighted by atomic mass is 35.5. The molecule has 2 aromatic rings. The first kappa shape index (κ1) is 14.1. The Bertz CT molecular complexity index is 662. The minimum absolute atomic E-state index is 0.0258. The van der Waals surface area contributed by atoms with Crippen LogP contribution in [0.15, 0.2) is 42.5 Å². The maximum Gasteiger partial charge on any atom is 0.337 e. The van der Waals surface area contributed by atoms with Crippen molar-refractivity contribution >= 4 is 23.5 Å². The van der Waals surface area contributed by atoms with E-state index < -0.39 is 11.9 Å². The Morgan fingerprint density at radius 1 is 1.00 bits per heavy atom. The molecule has 0 saturated carbocycles. The summed E-state index contributed by atoms with van der Waals surface area (Å²) >= 11 is 5.82. The van der Waals surface area contributed by atoms with Crippen LogP contribution in [0.3, 0.4) is 0 Å². The molecule has 0 amide bonds. The summed E-state index contributed by atoms with van der Waals surface area (Å²) in [5, 5.41) is 9.69. The molecule has 20 heavy (non-hydrogen) atoms. The monoisotopic (exact) mass is 290 g/mol. The third kappa shape index (κ3) is 2.97. The molecule has 2 rings (SSSR count). The molecule has 0 aliphatic carbocycles. The van der Waals surface area contributed by atoms with Crippen LogP contribution in [0.2, 0.25) is 5.02 Å². The molecule has 102 valence electrons. The molecule has 0 saturated heterocycles. The van der Waals surface area contributed by atoms with Crippen LogP contribution in [-0.2, 0) is 4.74 Å². The summed E-state index contributed by atoms with van der Waals surface area (Å²) in [6, 6.07) is 11.3. The van der Waals surface area contributed by atoms with E-state index in [1.807, 2.05) is 0 Å². The fourth-order valence-corrected chi connectivity index (χ4v) is 1.92. The van der Waals surface area contributed by atoms with E-state index in [0.717, 1.165) is 5.56 Å². The van der Waals surface area contributed by atoms with Crippen LogP contribution in [0.5, 0.6) is 0 Å². The Morgan fingerprint density at radius 2 is 1.60 bits per heavy atom. The van der Waals surface area contributed by atoms with Crippen molar-refractivity contribution in [3.05, 3.63) is 58.6 Å². The van der Waals surface area contributed by atoms with Gasteiger partial charge >= 0.3 is 11.9 Å². The Balaban J connectivity index is 2.57. The van der Waals surface area contributed by atoms with Gasteiger partial charge in [0.2, 0.25) is 0 Å². The maximum absolute atomic E-state index is 11.6. The minimum atomic E-state index is -1.11. The Kier molecular flexibility index (Phi) is 4.05. The van der Waals surface area contributed by atoms with Crippen molar-refractivity contribution in [2.24, 2.45) is 0 Å². The van der Waals surface area contributed by atoms with Gasteiger partial charge in [-0.25, -0.2) is 9.59 Å². The number of carbonyl (C=O) groups excluding carboxylic acids is 1. The van der Waals surface area contributed by atoms with Crippen molar-refractivity contribution in [1.82, 2.24) is 0 Å². The number of carbonyl (C=O) groups is 2. The van der Waals surface area contributed by atoms with Crippen LogP contribution < -0.4 is 0 Å². The predicted octanol–water partition coefficient (Wildman–Crippen LogP) is 3.49. The molecule has 0 fully saturated rings. The lowest BCUT2D eigenvalue weighted by Crippen LogP contribution is -2.05. The number of carboxylic acids is 1. The molecule has 0 bridgehead atoms. The van der Waals surface area contributed by atoms with Crippen LogP contribution in [0.1, 0.15) is 20.7 Å². The van der Waals surface area contributed by atoms with Crippen molar-refractivity contribution < 1.29 is 19.4 Å². The van der Waals surface area contributed by atoms with Crippen LogP contribution in [-0.4, -0.2) is 24.2 Å². The fraction of sp³-hybridized carbons (Fsp3) is 0.0667. The first-order valence-corrected chi connectivity index (χ1v) is 6.11. The molecule has 0 spiro atoms. The van der Waals surface area contributed by atoms with E-state index in [1.165, 1.54) is 19.2 Å². The summed E-state index contributed by atoms with van der Waals surface area (Å²) < 4.78 is 4.63. The van der Waals surface area contributed by atoms with E-state index in [9.17, 15) is 9.59 Å². The van der Waals surface area contributed by atoms with Gasteiger partial charge in [-0.1, -0.05) is 23.7 Å². The van der Waals surface area contributed by atoms with Crippen LogP contribution in [0.25, 0.3) is 11.1 Å². The smallest absolute Gasteiger partial charge is 0.337 e. The number of ether oxygens (including phenoxy) is 1. The van der Waals surface area contributed by atoms with E-state index in [0.29, 0.717) is 10.6 Å². The Labute approximate surface area is 120 Å². The van der Waals surface area contributed by atoms with Gasteiger partial charge in [0.25, 0.3) is 0 Å². The molecule has 0 aromatic heterocycles. The molecule has 1 N–H and O–H groups in total. The Hall–Kier alpha value is -2.33. The largest absolute Gasteiger partial charge is 0.478 e. The summed E-state index contributed by atoms with van der Waals surface area (Å²) in [7, 11) is 1.25. The number of methoxy groups -OCH3 is 1. The SMILES string of the molecule is COC(=O)c1cc(C(=O)O)cc(-c2ccc(Cl)cc2)c1. The average Bonchev–Trinajstić information content (AvgIpc) is 2.46. The molecule has 0 unspecified atom stereocenters. The number of esters is 1. The van der Waals surface area contributed by atoms with Crippen molar-refractivity contribution in [3.63, 3.8) is 0 Å². The topological polar surface area (TPSA) is 63.6 Å². The number of carboxylic acid groups (broad SMARTS) is 1. The standard InChI is InChI=1S/C15H11ClO4/c1-20-15(19)12-7-10(6-11(8-12)14(17)18)9-2-4-13(16)5-3-9/h2-8H,1H3,(H,17,18). The molecule has 0 atom stereocenters. The summed E-state index contributed by atoms with van der Waals surface area (Å²) in [5.74, 6) is -1.69. The van der Waals surface area contributed by atoms with E-state index in [1.54, 1.807) is 30.3 Å². The first-order valence-electron chi connectivity index (χ1n) is 5.74. The van der Waals surface area contributed by atoms with Gasteiger partial charge in [-0.2, -0.15) is 0 Å². The van der Waals surface area contributed by atoms with Gasteiger partial charge in [-0.15, -0.1) is 0 Å². The second kappa shape index (κ2) is 5.75. The predicted molar refractivity (Wildman–Crippen MR) is 75.2 cm³/mol. The van der Waals surface area contributed by atoms with E-state index >= 15 is 0 Å². The molecular formula is C15H11ClO4. The molecule has 2 aromatic carbocycles. The maximum atomic E-state index is 11.6. The molecule has 0 heterocycles. The number of hydrogen-bond donors (Lipinski definition) is 1. The van der Waals surface area contributed by atoms with Gasteiger partial charge in [0.15, 0.2) is 0 Å². The van der Waals surface area contributed by atoms with Crippen molar-refractivity contribution in [2.45, 2.75) is 0 Å². The Morgan fingerprint density at radius 3 is 2.15 bits per heavy atom. The molecule has 0 radical (unpaired) electrons. The van der Waals surface area contributed by atoms with Gasteiger partial charge in [0.1, 0.15) is 0 Å². The lowest BCUT2D eigenvalue weighted by Gasteiger charge is -2.07. The lowest BCUT2D eigenvalue weighted by atomic mass is 10.00. The van der Waals surface area contributed by atoms with E-state index in [4.69, 9.17) is 16.7 Å². The number of hydrogen-bond acceptors (Lipinski definition) is 3. The molecule has 4 nitrogen and oxygen atoms in total. The third-order valence-corrected chi connectivity index (χ3v) is 3.03. The molecule has 5 heteroatoms. The number of benzene rings is 2. The van der Waals surface area contributed by atoms with Crippen LogP contribution in [0, 0.1) is 0 Å². The lowest BCUT2D eigenvalue weighted by molar-refractivity contribution is 0.0601. The summed E-state index contributed by atoms with van der Waals surface area (Å²) in [6.07, 6.45) is 0.